The first-order valence-corrected chi connectivity index (χ1v) is 10.5. The summed E-state index contributed by atoms with van der Waals surface area (Å²) in [5.74, 6) is 0. The molecule has 3 nitrogen and oxygen atoms in total. The van der Waals surface area contributed by atoms with Gasteiger partial charge in [0, 0.05) is 5.02 Å². The lowest BCUT2D eigenvalue weighted by molar-refractivity contribution is 0.590. The molecule has 0 aliphatic rings. The lowest BCUT2D eigenvalue weighted by Crippen LogP contribution is -2.30. The second-order valence-corrected chi connectivity index (χ2v) is 8.95. The molecular weight excluding hydrogens is 378 g/mol. The maximum atomic E-state index is 13.4. The predicted octanol–water partition coefficient (Wildman–Crippen LogP) is 5.66. The van der Waals surface area contributed by atoms with E-state index in [1.54, 1.807) is 30.3 Å². The fraction of sp³-hybridized carbons (Fsp3) is 0.182. The Morgan fingerprint density at radius 2 is 1.52 bits per heavy atom. The third-order valence-corrected chi connectivity index (χ3v) is 6.82. The summed E-state index contributed by atoms with van der Waals surface area (Å²) in [4.78, 5) is 0.262. The highest BCUT2D eigenvalue weighted by atomic mass is 35.5. The molecule has 0 saturated heterocycles. The topological polar surface area (TPSA) is 37.4 Å². The molecule has 0 aliphatic heterocycles. The Morgan fingerprint density at radius 3 is 2.15 bits per heavy atom. The van der Waals surface area contributed by atoms with Gasteiger partial charge in [-0.25, -0.2) is 8.42 Å². The van der Waals surface area contributed by atoms with Gasteiger partial charge >= 0.3 is 0 Å². The highest BCUT2D eigenvalue weighted by molar-refractivity contribution is 7.92. The van der Waals surface area contributed by atoms with Crippen LogP contribution in [0.3, 0.4) is 0 Å². The lowest BCUT2D eigenvalue weighted by Gasteiger charge is -2.26. The molecule has 5 heteroatoms. The zero-order valence-electron chi connectivity index (χ0n) is 15.6. The van der Waals surface area contributed by atoms with Crippen molar-refractivity contribution in [3.8, 4) is 0 Å². The first-order valence-electron chi connectivity index (χ1n) is 8.69. The molecule has 0 aromatic heterocycles. The van der Waals surface area contributed by atoms with Gasteiger partial charge in [0.2, 0.25) is 0 Å². The first-order chi connectivity index (χ1) is 12.8. The summed E-state index contributed by atoms with van der Waals surface area (Å²) in [6, 6.07) is 19.9. The van der Waals surface area contributed by atoms with Crippen molar-refractivity contribution < 1.29 is 8.42 Å². The van der Waals surface area contributed by atoms with E-state index in [0.29, 0.717) is 10.7 Å². The second kappa shape index (κ2) is 7.75. The summed E-state index contributed by atoms with van der Waals surface area (Å²) in [5, 5.41) is 0.547. The van der Waals surface area contributed by atoms with E-state index in [-0.39, 0.29) is 11.4 Å². The fourth-order valence-electron chi connectivity index (χ4n) is 2.81. The average Bonchev–Trinajstić information content (AvgIpc) is 2.64. The van der Waals surface area contributed by atoms with Gasteiger partial charge in [-0.1, -0.05) is 53.6 Å². The van der Waals surface area contributed by atoms with E-state index < -0.39 is 10.0 Å². The number of hydrogen-bond donors (Lipinski definition) is 0. The van der Waals surface area contributed by atoms with E-state index >= 15 is 0 Å². The molecule has 0 radical (unpaired) electrons. The van der Waals surface area contributed by atoms with Gasteiger partial charge in [-0.15, -0.1) is 0 Å². The molecule has 0 fully saturated rings. The minimum atomic E-state index is -3.74. The molecule has 0 amide bonds. The zero-order valence-corrected chi connectivity index (χ0v) is 17.2. The molecule has 3 rings (SSSR count). The molecule has 0 aliphatic carbocycles. The number of sulfonamides is 1. The normalized spacial score (nSPS) is 11.4. The van der Waals surface area contributed by atoms with Crippen molar-refractivity contribution in [1.29, 1.82) is 0 Å². The van der Waals surface area contributed by atoms with Crippen LogP contribution in [0.5, 0.6) is 0 Å². The van der Waals surface area contributed by atoms with Crippen LogP contribution in [0.2, 0.25) is 5.02 Å². The van der Waals surface area contributed by atoms with Crippen LogP contribution >= 0.6 is 11.6 Å². The van der Waals surface area contributed by atoms with Crippen molar-refractivity contribution >= 4 is 27.3 Å². The van der Waals surface area contributed by atoms with Crippen LogP contribution in [-0.4, -0.2) is 8.42 Å². The summed E-state index contributed by atoms with van der Waals surface area (Å²) in [6.45, 7) is 6.08. The molecule has 0 N–H and O–H groups in total. The molecular formula is C22H22ClNO2S. The number of halogens is 1. The standard InChI is InChI=1S/C22H22ClNO2S/c1-16-8-12-21(13-9-16)27(25,26)24(15-19-6-4-5-7-22(19)23)20-11-10-17(2)18(3)14-20/h4-14H,15H2,1-3H3. The number of rotatable bonds is 5. The maximum absolute atomic E-state index is 13.4. The molecule has 0 unspecified atom stereocenters. The van der Waals surface area contributed by atoms with Crippen molar-refractivity contribution in [2.24, 2.45) is 0 Å². The van der Waals surface area contributed by atoms with Crippen molar-refractivity contribution in [3.63, 3.8) is 0 Å². The largest absolute Gasteiger partial charge is 0.264 e. The van der Waals surface area contributed by atoms with E-state index in [4.69, 9.17) is 11.6 Å². The van der Waals surface area contributed by atoms with Gasteiger partial charge in [0.25, 0.3) is 10.0 Å². The van der Waals surface area contributed by atoms with Crippen LogP contribution in [-0.2, 0) is 16.6 Å². The van der Waals surface area contributed by atoms with E-state index in [1.165, 1.54) is 4.31 Å². The van der Waals surface area contributed by atoms with Gasteiger partial charge in [0.15, 0.2) is 0 Å². The van der Waals surface area contributed by atoms with Crippen LogP contribution in [0.15, 0.2) is 71.6 Å². The molecule has 0 heterocycles. The van der Waals surface area contributed by atoms with E-state index in [1.807, 2.05) is 57.2 Å². The summed E-state index contributed by atoms with van der Waals surface area (Å²) in [6.07, 6.45) is 0. The van der Waals surface area contributed by atoms with Gasteiger partial charge in [0.1, 0.15) is 0 Å². The summed E-state index contributed by atoms with van der Waals surface area (Å²) in [5.41, 5.74) is 4.55. The van der Waals surface area contributed by atoms with Crippen molar-refractivity contribution in [3.05, 3.63) is 94.0 Å². The highest BCUT2D eigenvalue weighted by Gasteiger charge is 2.26. The lowest BCUT2D eigenvalue weighted by atomic mass is 10.1. The quantitative estimate of drug-likeness (QED) is 0.555. The number of aryl methyl sites for hydroxylation is 3. The molecule has 27 heavy (non-hydrogen) atoms. The van der Waals surface area contributed by atoms with E-state index in [0.717, 1.165) is 22.3 Å². The van der Waals surface area contributed by atoms with Gasteiger partial charge < -0.3 is 0 Å². The second-order valence-electron chi connectivity index (χ2n) is 6.68. The van der Waals surface area contributed by atoms with Crippen molar-refractivity contribution in [1.82, 2.24) is 0 Å². The van der Waals surface area contributed by atoms with Crippen LogP contribution in [0.1, 0.15) is 22.3 Å². The third kappa shape index (κ3) is 4.18. The Bertz CT molecular complexity index is 1060. The molecule has 0 spiro atoms. The van der Waals surface area contributed by atoms with E-state index in [9.17, 15) is 8.42 Å². The Balaban J connectivity index is 2.12. The molecule has 0 saturated carbocycles. The van der Waals surface area contributed by atoms with Crippen molar-refractivity contribution in [2.45, 2.75) is 32.2 Å². The number of anilines is 1. The monoisotopic (exact) mass is 399 g/mol. The zero-order chi connectivity index (χ0) is 19.6. The Hall–Kier alpha value is -2.30. The molecule has 0 bridgehead atoms. The summed E-state index contributed by atoms with van der Waals surface area (Å²) < 4.78 is 28.3. The molecule has 0 atom stereocenters. The predicted molar refractivity (Wildman–Crippen MR) is 112 cm³/mol. The van der Waals surface area contributed by atoms with Crippen LogP contribution in [0, 0.1) is 20.8 Å². The summed E-state index contributed by atoms with van der Waals surface area (Å²) >= 11 is 6.31. The average molecular weight is 400 g/mol. The van der Waals surface area contributed by atoms with Crippen LogP contribution in [0.4, 0.5) is 5.69 Å². The minimum absolute atomic E-state index is 0.165. The molecule has 3 aromatic rings. The van der Waals surface area contributed by atoms with Gasteiger partial charge in [-0.3, -0.25) is 4.31 Å². The van der Waals surface area contributed by atoms with Gasteiger partial charge in [-0.2, -0.15) is 0 Å². The van der Waals surface area contributed by atoms with Gasteiger partial charge in [-0.05, 0) is 67.8 Å². The smallest absolute Gasteiger partial charge is 0.262 e. The Kier molecular flexibility index (Phi) is 5.59. The van der Waals surface area contributed by atoms with Crippen molar-refractivity contribution in [2.75, 3.05) is 4.31 Å². The summed E-state index contributed by atoms with van der Waals surface area (Å²) in [7, 11) is -3.74. The number of hydrogen-bond acceptors (Lipinski definition) is 2. The van der Waals surface area contributed by atoms with E-state index in [2.05, 4.69) is 0 Å². The molecule has 3 aromatic carbocycles. The minimum Gasteiger partial charge on any atom is -0.262 e. The van der Waals surface area contributed by atoms with Crippen LogP contribution < -0.4 is 4.31 Å². The number of benzene rings is 3. The maximum Gasteiger partial charge on any atom is 0.264 e. The first kappa shape index (κ1) is 19.5. The third-order valence-electron chi connectivity index (χ3n) is 4.66. The SMILES string of the molecule is Cc1ccc(S(=O)(=O)N(Cc2ccccc2Cl)c2ccc(C)c(C)c2)cc1. The van der Waals surface area contributed by atoms with Gasteiger partial charge in [0.05, 0.1) is 17.1 Å². The fourth-order valence-corrected chi connectivity index (χ4v) is 4.44. The molecule has 140 valence electrons. The number of nitrogens with zero attached hydrogens (tertiary/aromatic N) is 1. The Morgan fingerprint density at radius 1 is 0.852 bits per heavy atom. The highest BCUT2D eigenvalue weighted by Crippen LogP contribution is 2.29. The van der Waals surface area contributed by atoms with Crippen LogP contribution in [0.25, 0.3) is 0 Å². The Labute approximate surface area is 166 Å².